The van der Waals surface area contributed by atoms with E-state index in [-0.39, 0.29) is 0 Å². The molecule has 0 aliphatic carbocycles. The fourth-order valence-electron chi connectivity index (χ4n) is 1.90. The summed E-state index contributed by atoms with van der Waals surface area (Å²) in [5, 5.41) is 12.4. The highest BCUT2D eigenvalue weighted by Gasteiger charge is 2.09. The minimum atomic E-state index is 0.524. The zero-order chi connectivity index (χ0) is 13.8. The topological polar surface area (TPSA) is 71.1 Å². The molecule has 0 saturated carbocycles. The second kappa shape index (κ2) is 5.32. The summed E-state index contributed by atoms with van der Waals surface area (Å²) < 4.78 is 5.17. The van der Waals surface area contributed by atoms with Crippen molar-refractivity contribution in [3.05, 3.63) is 47.5 Å². The highest BCUT2D eigenvalue weighted by Crippen LogP contribution is 2.32. The van der Waals surface area contributed by atoms with Gasteiger partial charge in [0.1, 0.15) is 11.8 Å². The van der Waals surface area contributed by atoms with Gasteiger partial charge >= 0.3 is 0 Å². The number of benzene rings is 2. The van der Waals surface area contributed by atoms with Crippen LogP contribution in [0.1, 0.15) is 11.1 Å². The molecule has 96 valence electrons. The standard InChI is InChI=1S/C15H15N3O/c1-10-5-3-6-12(11(10)9-16)18-13-7-4-8-14(19-2)15(13)17/h3-8,18H,17H2,1-2H3. The summed E-state index contributed by atoms with van der Waals surface area (Å²) >= 11 is 0. The highest BCUT2D eigenvalue weighted by molar-refractivity contribution is 5.79. The van der Waals surface area contributed by atoms with Crippen LogP contribution in [0.25, 0.3) is 0 Å². The van der Waals surface area contributed by atoms with Crippen LogP contribution in [0.4, 0.5) is 17.1 Å². The number of nitrogens with zero attached hydrogens (tertiary/aromatic N) is 1. The second-order valence-electron chi connectivity index (χ2n) is 4.16. The van der Waals surface area contributed by atoms with Crippen LogP contribution in [0, 0.1) is 18.3 Å². The molecule has 4 nitrogen and oxygen atoms in total. The van der Waals surface area contributed by atoms with Crippen LogP contribution in [0.5, 0.6) is 5.75 Å². The number of nitriles is 1. The van der Waals surface area contributed by atoms with Crippen LogP contribution in [0.3, 0.4) is 0 Å². The predicted molar refractivity (Wildman–Crippen MR) is 76.6 cm³/mol. The normalized spacial score (nSPS) is 9.74. The fourth-order valence-corrected chi connectivity index (χ4v) is 1.90. The summed E-state index contributed by atoms with van der Waals surface area (Å²) in [7, 11) is 1.57. The Morgan fingerprint density at radius 3 is 2.53 bits per heavy atom. The smallest absolute Gasteiger partial charge is 0.143 e. The second-order valence-corrected chi connectivity index (χ2v) is 4.16. The Labute approximate surface area is 112 Å². The molecule has 0 bridgehead atoms. The van der Waals surface area contributed by atoms with Gasteiger partial charge in [0.2, 0.25) is 0 Å². The van der Waals surface area contributed by atoms with E-state index in [0.717, 1.165) is 16.9 Å². The molecular weight excluding hydrogens is 238 g/mol. The number of nitrogens with two attached hydrogens (primary N) is 1. The van der Waals surface area contributed by atoms with Gasteiger partial charge in [-0.2, -0.15) is 5.26 Å². The first-order valence-electron chi connectivity index (χ1n) is 5.86. The largest absolute Gasteiger partial charge is 0.495 e. The van der Waals surface area contributed by atoms with Crippen molar-refractivity contribution in [2.45, 2.75) is 6.92 Å². The van der Waals surface area contributed by atoms with Crippen molar-refractivity contribution >= 4 is 17.1 Å². The SMILES string of the molecule is COc1cccc(Nc2cccc(C)c2C#N)c1N. The van der Waals surface area contributed by atoms with E-state index in [4.69, 9.17) is 10.5 Å². The quantitative estimate of drug-likeness (QED) is 0.824. The van der Waals surface area contributed by atoms with Crippen LogP contribution in [-0.2, 0) is 0 Å². The average molecular weight is 253 g/mol. The highest BCUT2D eigenvalue weighted by atomic mass is 16.5. The number of hydrogen-bond donors (Lipinski definition) is 2. The van der Waals surface area contributed by atoms with Crippen LogP contribution >= 0.6 is 0 Å². The lowest BCUT2D eigenvalue weighted by atomic mass is 10.1. The first kappa shape index (κ1) is 12.8. The Morgan fingerprint density at radius 2 is 1.84 bits per heavy atom. The van der Waals surface area contributed by atoms with Gasteiger partial charge in [0.05, 0.1) is 29.7 Å². The summed E-state index contributed by atoms with van der Waals surface area (Å²) in [6, 6.07) is 13.3. The molecule has 3 N–H and O–H groups in total. The maximum absolute atomic E-state index is 9.20. The number of nitrogen functional groups attached to an aromatic ring is 1. The zero-order valence-electron chi connectivity index (χ0n) is 10.9. The Morgan fingerprint density at radius 1 is 1.16 bits per heavy atom. The molecule has 0 amide bonds. The van der Waals surface area contributed by atoms with Crippen molar-refractivity contribution in [1.82, 2.24) is 0 Å². The summed E-state index contributed by atoms with van der Waals surface area (Å²) in [5.41, 5.74) is 9.53. The number of anilines is 3. The minimum Gasteiger partial charge on any atom is -0.495 e. The van der Waals surface area contributed by atoms with Crippen molar-refractivity contribution in [2.75, 3.05) is 18.2 Å². The molecule has 0 aliphatic heterocycles. The van der Waals surface area contributed by atoms with Crippen molar-refractivity contribution in [2.24, 2.45) is 0 Å². The average Bonchev–Trinajstić information content (AvgIpc) is 2.41. The third-order valence-corrected chi connectivity index (χ3v) is 2.94. The molecule has 2 rings (SSSR count). The molecule has 2 aromatic rings. The molecule has 0 fully saturated rings. The Kier molecular flexibility index (Phi) is 3.58. The Bertz CT molecular complexity index is 644. The maximum atomic E-state index is 9.20. The molecule has 0 atom stereocenters. The van der Waals surface area contributed by atoms with Crippen molar-refractivity contribution in [3.8, 4) is 11.8 Å². The van der Waals surface area contributed by atoms with Gasteiger partial charge in [-0.3, -0.25) is 0 Å². The number of para-hydroxylation sites is 1. The summed E-state index contributed by atoms with van der Waals surface area (Å²) in [4.78, 5) is 0. The molecular formula is C15H15N3O. The maximum Gasteiger partial charge on any atom is 0.143 e. The molecule has 0 aromatic heterocycles. The third kappa shape index (κ3) is 2.45. The minimum absolute atomic E-state index is 0.524. The molecule has 4 heteroatoms. The first-order valence-corrected chi connectivity index (χ1v) is 5.86. The van der Waals surface area contributed by atoms with Crippen LogP contribution in [0.15, 0.2) is 36.4 Å². The molecule has 0 saturated heterocycles. The lowest BCUT2D eigenvalue weighted by Crippen LogP contribution is -2.01. The molecule has 2 aromatic carbocycles. The van der Waals surface area contributed by atoms with E-state index in [0.29, 0.717) is 17.0 Å². The van der Waals surface area contributed by atoms with Crippen molar-refractivity contribution in [1.29, 1.82) is 5.26 Å². The van der Waals surface area contributed by atoms with Gasteiger partial charge in [-0.05, 0) is 30.7 Å². The van der Waals surface area contributed by atoms with Gasteiger partial charge in [0.15, 0.2) is 0 Å². The molecule has 0 aliphatic rings. The Hall–Kier alpha value is -2.67. The van der Waals surface area contributed by atoms with Gasteiger partial charge < -0.3 is 15.8 Å². The van der Waals surface area contributed by atoms with Gasteiger partial charge in [-0.1, -0.05) is 18.2 Å². The molecule has 19 heavy (non-hydrogen) atoms. The zero-order valence-corrected chi connectivity index (χ0v) is 10.9. The van der Waals surface area contributed by atoms with Crippen LogP contribution in [-0.4, -0.2) is 7.11 Å². The van der Waals surface area contributed by atoms with E-state index in [1.165, 1.54) is 0 Å². The van der Waals surface area contributed by atoms with E-state index in [2.05, 4.69) is 11.4 Å². The number of nitrogens with one attached hydrogen (secondary N) is 1. The van der Waals surface area contributed by atoms with Gasteiger partial charge in [0, 0.05) is 0 Å². The number of ether oxygens (including phenoxy) is 1. The molecule has 0 heterocycles. The Balaban J connectivity index is 2.43. The van der Waals surface area contributed by atoms with Crippen LogP contribution in [0.2, 0.25) is 0 Å². The third-order valence-electron chi connectivity index (χ3n) is 2.94. The van der Waals surface area contributed by atoms with E-state index in [9.17, 15) is 5.26 Å². The monoisotopic (exact) mass is 253 g/mol. The predicted octanol–water partition coefficient (Wildman–Crippen LogP) is 3.20. The van der Waals surface area contributed by atoms with Gasteiger partial charge in [-0.25, -0.2) is 0 Å². The van der Waals surface area contributed by atoms with Crippen molar-refractivity contribution < 1.29 is 4.74 Å². The lowest BCUT2D eigenvalue weighted by Gasteiger charge is -2.13. The fraction of sp³-hybridized carbons (Fsp3) is 0.133. The number of rotatable bonds is 3. The van der Waals surface area contributed by atoms with Crippen molar-refractivity contribution in [3.63, 3.8) is 0 Å². The number of aryl methyl sites for hydroxylation is 1. The van der Waals surface area contributed by atoms with Gasteiger partial charge in [-0.15, -0.1) is 0 Å². The summed E-state index contributed by atoms with van der Waals surface area (Å²) in [6.45, 7) is 1.90. The molecule has 0 radical (unpaired) electrons. The molecule has 0 spiro atoms. The first-order chi connectivity index (χ1) is 9.17. The summed E-state index contributed by atoms with van der Waals surface area (Å²) in [5.74, 6) is 0.608. The van der Waals surface area contributed by atoms with E-state index in [1.54, 1.807) is 13.2 Å². The van der Waals surface area contributed by atoms with E-state index >= 15 is 0 Å². The number of hydrogen-bond acceptors (Lipinski definition) is 4. The van der Waals surface area contributed by atoms with Crippen LogP contribution < -0.4 is 15.8 Å². The summed E-state index contributed by atoms with van der Waals surface area (Å²) in [6.07, 6.45) is 0. The van der Waals surface area contributed by atoms with Gasteiger partial charge in [0.25, 0.3) is 0 Å². The number of methoxy groups -OCH3 is 1. The molecule has 0 unspecified atom stereocenters. The lowest BCUT2D eigenvalue weighted by molar-refractivity contribution is 0.417. The van der Waals surface area contributed by atoms with E-state index < -0.39 is 0 Å². The van der Waals surface area contributed by atoms with E-state index in [1.807, 2.05) is 37.3 Å².